The van der Waals surface area contributed by atoms with Gasteiger partial charge in [0.1, 0.15) is 0 Å². The molecule has 0 spiro atoms. The Kier molecular flexibility index (Phi) is 5.80. The highest BCUT2D eigenvalue weighted by atomic mass is 79.9. The van der Waals surface area contributed by atoms with Crippen LogP contribution in [-0.4, -0.2) is 0 Å². The van der Waals surface area contributed by atoms with Crippen LogP contribution in [0.5, 0.6) is 0 Å². The molecular weight excluding hydrogens is 436 g/mol. The molecule has 1 aliphatic carbocycles. The molecule has 0 aliphatic heterocycles. The molecule has 0 saturated carbocycles. The van der Waals surface area contributed by atoms with Crippen molar-refractivity contribution in [1.82, 2.24) is 0 Å². The molecule has 0 fully saturated rings. The minimum atomic E-state index is 0.142. The van der Waals surface area contributed by atoms with E-state index in [4.69, 9.17) is 0 Å². The summed E-state index contributed by atoms with van der Waals surface area (Å²) in [7, 11) is 0. The molecule has 134 valence electrons. The Morgan fingerprint density at radius 1 is 0.720 bits per heavy atom. The van der Waals surface area contributed by atoms with Crippen molar-refractivity contribution in [2.45, 2.75) is 56.6 Å². The molecule has 0 saturated heterocycles. The van der Waals surface area contributed by atoms with Crippen molar-refractivity contribution in [2.24, 2.45) is 11.8 Å². The SMILES string of the molecule is CC(C)CC1(CC(C)C)c2cc(CBr)ccc2-c2ccc(CBr)cc21. The van der Waals surface area contributed by atoms with E-state index < -0.39 is 0 Å². The van der Waals surface area contributed by atoms with Crippen LogP contribution in [0.3, 0.4) is 0 Å². The molecule has 0 bridgehead atoms. The zero-order valence-electron chi connectivity index (χ0n) is 15.7. The van der Waals surface area contributed by atoms with E-state index in [-0.39, 0.29) is 5.41 Å². The predicted octanol–water partition coefficient (Wildman–Crippen LogP) is 7.84. The number of fused-ring (bicyclic) bond motifs is 3. The van der Waals surface area contributed by atoms with E-state index >= 15 is 0 Å². The summed E-state index contributed by atoms with van der Waals surface area (Å²) >= 11 is 7.31. The van der Waals surface area contributed by atoms with Crippen molar-refractivity contribution >= 4 is 31.9 Å². The number of hydrogen-bond acceptors (Lipinski definition) is 0. The molecule has 1 aliphatic rings. The van der Waals surface area contributed by atoms with Crippen molar-refractivity contribution in [3.8, 4) is 11.1 Å². The third kappa shape index (κ3) is 3.49. The molecule has 0 aromatic heterocycles. The Morgan fingerprint density at radius 3 is 1.44 bits per heavy atom. The van der Waals surface area contributed by atoms with Gasteiger partial charge in [0.2, 0.25) is 0 Å². The van der Waals surface area contributed by atoms with Crippen LogP contribution >= 0.6 is 31.9 Å². The quantitative estimate of drug-likeness (QED) is 0.382. The van der Waals surface area contributed by atoms with Crippen molar-refractivity contribution in [3.63, 3.8) is 0 Å². The largest absolute Gasteiger partial charge is 0.0876 e. The summed E-state index contributed by atoms with van der Waals surface area (Å²) in [5, 5.41) is 1.84. The highest BCUT2D eigenvalue weighted by molar-refractivity contribution is 9.08. The van der Waals surface area contributed by atoms with Crippen molar-refractivity contribution in [1.29, 1.82) is 0 Å². The van der Waals surface area contributed by atoms with Crippen LogP contribution in [0.25, 0.3) is 11.1 Å². The van der Waals surface area contributed by atoms with Gasteiger partial charge < -0.3 is 0 Å². The van der Waals surface area contributed by atoms with Crippen LogP contribution < -0.4 is 0 Å². The molecule has 2 aromatic rings. The summed E-state index contributed by atoms with van der Waals surface area (Å²) in [5.74, 6) is 1.33. The van der Waals surface area contributed by atoms with E-state index in [0.29, 0.717) is 11.8 Å². The van der Waals surface area contributed by atoms with Gasteiger partial charge in [-0.15, -0.1) is 0 Å². The highest BCUT2D eigenvalue weighted by Crippen LogP contribution is 2.55. The van der Waals surface area contributed by atoms with E-state index in [2.05, 4.69) is 96.0 Å². The Labute approximate surface area is 169 Å². The third-order valence-electron chi connectivity index (χ3n) is 5.31. The average molecular weight is 464 g/mol. The normalized spacial score (nSPS) is 14.9. The lowest BCUT2D eigenvalue weighted by molar-refractivity contribution is 0.337. The Morgan fingerprint density at radius 2 is 1.12 bits per heavy atom. The molecular formula is C23H28Br2. The molecule has 25 heavy (non-hydrogen) atoms. The number of benzene rings is 2. The van der Waals surface area contributed by atoms with Crippen LogP contribution in [0.4, 0.5) is 0 Å². The van der Waals surface area contributed by atoms with Crippen LogP contribution in [0.15, 0.2) is 36.4 Å². The van der Waals surface area contributed by atoms with Gasteiger partial charge in [-0.25, -0.2) is 0 Å². The molecule has 0 amide bonds. The summed E-state index contributed by atoms with van der Waals surface area (Å²) in [6, 6.07) is 14.2. The van der Waals surface area contributed by atoms with Crippen LogP contribution in [0, 0.1) is 11.8 Å². The predicted molar refractivity (Wildman–Crippen MR) is 117 cm³/mol. The van der Waals surface area contributed by atoms with Crippen LogP contribution in [0.2, 0.25) is 0 Å². The standard InChI is InChI=1S/C23H28Br2/c1-15(2)11-23(12-16(3)4)21-9-17(13-24)5-7-19(21)20-8-6-18(14-25)10-22(20)23/h5-10,15-16H,11-14H2,1-4H3. The molecule has 0 N–H and O–H groups in total. The van der Waals surface area contributed by atoms with Crippen molar-refractivity contribution in [2.75, 3.05) is 0 Å². The lowest BCUT2D eigenvalue weighted by Gasteiger charge is -2.36. The van der Waals surface area contributed by atoms with Gasteiger partial charge in [0.15, 0.2) is 0 Å². The third-order valence-corrected chi connectivity index (χ3v) is 6.61. The fraction of sp³-hybridized carbons (Fsp3) is 0.478. The van der Waals surface area contributed by atoms with E-state index in [1.807, 2.05) is 0 Å². The molecule has 0 heterocycles. The summed E-state index contributed by atoms with van der Waals surface area (Å²) in [6.07, 6.45) is 2.42. The molecule has 2 heteroatoms. The monoisotopic (exact) mass is 462 g/mol. The molecule has 2 aromatic carbocycles. The van der Waals surface area contributed by atoms with Gasteiger partial charge in [0.25, 0.3) is 0 Å². The highest BCUT2D eigenvalue weighted by Gasteiger charge is 2.43. The maximum atomic E-state index is 3.66. The van der Waals surface area contributed by atoms with E-state index in [9.17, 15) is 0 Å². The fourth-order valence-corrected chi connectivity index (χ4v) is 5.37. The Hall–Kier alpha value is -0.600. The Balaban J connectivity index is 2.30. The topological polar surface area (TPSA) is 0 Å². The van der Waals surface area contributed by atoms with Gasteiger partial charge in [0, 0.05) is 16.1 Å². The minimum absolute atomic E-state index is 0.142. The zero-order chi connectivity index (χ0) is 18.2. The lowest BCUT2D eigenvalue weighted by atomic mass is 9.67. The molecule has 0 atom stereocenters. The molecule has 0 nitrogen and oxygen atoms in total. The summed E-state index contributed by atoms with van der Waals surface area (Å²) < 4.78 is 0. The number of halogens is 2. The first-order valence-corrected chi connectivity index (χ1v) is 11.5. The maximum Gasteiger partial charge on any atom is 0.0283 e. The first-order chi connectivity index (χ1) is 11.9. The Bertz CT molecular complexity index is 693. The van der Waals surface area contributed by atoms with Gasteiger partial charge in [-0.05, 0) is 58.1 Å². The second-order valence-electron chi connectivity index (χ2n) is 8.31. The minimum Gasteiger partial charge on any atom is -0.0876 e. The van der Waals surface area contributed by atoms with Crippen LogP contribution in [0.1, 0.15) is 62.8 Å². The van der Waals surface area contributed by atoms with E-state index in [1.54, 1.807) is 11.1 Å². The maximum absolute atomic E-state index is 3.66. The number of hydrogen-bond donors (Lipinski definition) is 0. The van der Waals surface area contributed by atoms with Crippen molar-refractivity contribution in [3.05, 3.63) is 58.7 Å². The van der Waals surface area contributed by atoms with Gasteiger partial charge in [-0.1, -0.05) is 96.0 Å². The second-order valence-corrected chi connectivity index (χ2v) is 9.43. The zero-order valence-corrected chi connectivity index (χ0v) is 18.9. The second kappa shape index (κ2) is 7.56. The molecule has 0 radical (unpaired) electrons. The lowest BCUT2D eigenvalue weighted by Crippen LogP contribution is -2.29. The fourth-order valence-electron chi connectivity index (χ4n) is 4.67. The van der Waals surface area contributed by atoms with Gasteiger partial charge >= 0.3 is 0 Å². The van der Waals surface area contributed by atoms with Gasteiger partial charge in [-0.3, -0.25) is 0 Å². The smallest absolute Gasteiger partial charge is 0.0283 e. The van der Waals surface area contributed by atoms with E-state index in [0.717, 1.165) is 10.7 Å². The summed E-state index contributed by atoms with van der Waals surface area (Å²) in [5.41, 5.74) is 8.89. The number of alkyl halides is 2. The first kappa shape index (κ1) is 19.2. The summed E-state index contributed by atoms with van der Waals surface area (Å²) in [6.45, 7) is 9.45. The molecule has 0 unspecified atom stereocenters. The van der Waals surface area contributed by atoms with Crippen molar-refractivity contribution < 1.29 is 0 Å². The van der Waals surface area contributed by atoms with Crippen LogP contribution in [-0.2, 0) is 16.1 Å². The van der Waals surface area contributed by atoms with E-state index in [1.165, 1.54) is 35.1 Å². The first-order valence-electron chi connectivity index (χ1n) is 9.30. The van der Waals surface area contributed by atoms with Gasteiger partial charge in [0.05, 0.1) is 0 Å². The average Bonchev–Trinajstić information content (AvgIpc) is 2.82. The van der Waals surface area contributed by atoms with Gasteiger partial charge in [-0.2, -0.15) is 0 Å². The molecule has 3 rings (SSSR count). The number of rotatable bonds is 6. The summed E-state index contributed by atoms with van der Waals surface area (Å²) in [4.78, 5) is 0.